The summed E-state index contributed by atoms with van der Waals surface area (Å²) in [5.41, 5.74) is 1.97. The molecular weight excluding hydrogens is 294 g/mol. The average molecular weight is 313 g/mol. The van der Waals surface area contributed by atoms with Crippen molar-refractivity contribution in [3.63, 3.8) is 0 Å². The van der Waals surface area contributed by atoms with Crippen LogP contribution in [0.2, 0.25) is 0 Å². The van der Waals surface area contributed by atoms with Crippen molar-refractivity contribution in [2.75, 3.05) is 0 Å². The molecular formula is C17H19N3O3. The van der Waals surface area contributed by atoms with E-state index in [-0.39, 0.29) is 12.5 Å². The molecule has 0 aliphatic rings. The second-order valence-electron chi connectivity index (χ2n) is 4.97. The summed E-state index contributed by atoms with van der Waals surface area (Å²) >= 11 is 0. The molecule has 1 atom stereocenters. The highest BCUT2D eigenvalue weighted by atomic mass is 16.5. The predicted molar refractivity (Wildman–Crippen MR) is 84.6 cm³/mol. The molecule has 0 fully saturated rings. The monoisotopic (exact) mass is 313 g/mol. The van der Waals surface area contributed by atoms with Gasteiger partial charge in [0.15, 0.2) is 6.10 Å². The van der Waals surface area contributed by atoms with Gasteiger partial charge >= 0.3 is 5.97 Å². The quantitative estimate of drug-likeness (QED) is 0.824. The number of carbonyl (C=O) groups excluding carboxylic acids is 2. The van der Waals surface area contributed by atoms with Crippen LogP contribution < -0.4 is 5.32 Å². The van der Waals surface area contributed by atoms with E-state index in [0.29, 0.717) is 12.0 Å². The van der Waals surface area contributed by atoms with E-state index in [1.54, 1.807) is 37.5 Å². The molecule has 0 aromatic carbocycles. The lowest BCUT2D eigenvalue weighted by Gasteiger charge is -2.14. The van der Waals surface area contributed by atoms with Crippen molar-refractivity contribution < 1.29 is 14.3 Å². The third kappa shape index (κ3) is 4.60. The first-order chi connectivity index (χ1) is 11.1. The highest BCUT2D eigenvalue weighted by molar-refractivity contribution is 5.93. The highest BCUT2D eigenvalue weighted by Gasteiger charge is 2.20. The summed E-state index contributed by atoms with van der Waals surface area (Å²) in [5, 5.41) is 2.69. The van der Waals surface area contributed by atoms with Crippen LogP contribution in [0, 0.1) is 0 Å². The lowest BCUT2D eigenvalue weighted by Crippen LogP contribution is -2.35. The summed E-state index contributed by atoms with van der Waals surface area (Å²) in [6, 6.07) is 7.05. The molecule has 0 saturated carbocycles. The van der Waals surface area contributed by atoms with Crippen molar-refractivity contribution in [2.24, 2.45) is 0 Å². The van der Waals surface area contributed by atoms with Crippen molar-refractivity contribution in [3.8, 4) is 0 Å². The van der Waals surface area contributed by atoms with Gasteiger partial charge in [0, 0.05) is 18.6 Å². The van der Waals surface area contributed by atoms with Gasteiger partial charge in [0.1, 0.15) is 0 Å². The van der Waals surface area contributed by atoms with Gasteiger partial charge in [-0.25, -0.2) is 4.79 Å². The third-order valence-corrected chi connectivity index (χ3v) is 3.33. The van der Waals surface area contributed by atoms with E-state index in [1.165, 1.54) is 6.20 Å². The zero-order valence-electron chi connectivity index (χ0n) is 13.2. The number of carbonyl (C=O) groups is 2. The molecule has 0 saturated heterocycles. The van der Waals surface area contributed by atoms with Crippen LogP contribution in [0.15, 0.2) is 42.9 Å². The highest BCUT2D eigenvalue weighted by Crippen LogP contribution is 2.10. The van der Waals surface area contributed by atoms with Crippen molar-refractivity contribution in [3.05, 3.63) is 59.7 Å². The summed E-state index contributed by atoms with van der Waals surface area (Å²) < 4.78 is 5.23. The Bertz CT molecular complexity index is 674. The van der Waals surface area contributed by atoms with Gasteiger partial charge in [0.2, 0.25) is 0 Å². The standard InChI is InChI=1S/C17H19N3O3/c1-3-13-10-18-9-7-15(13)17(22)23-12(2)16(21)20-11-14-6-4-5-8-19-14/h4-10,12H,3,11H2,1-2H3,(H,20,21)/t12-/m1/s1. The Morgan fingerprint density at radius 1 is 1.26 bits per heavy atom. The fourth-order valence-corrected chi connectivity index (χ4v) is 2.01. The smallest absolute Gasteiger partial charge is 0.339 e. The van der Waals surface area contributed by atoms with Crippen LogP contribution in [-0.2, 0) is 22.5 Å². The van der Waals surface area contributed by atoms with Gasteiger partial charge in [-0.1, -0.05) is 13.0 Å². The molecule has 120 valence electrons. The fraction of sp³-hybridized carbons (Fsp3) is 0.294. The Balaban J connectivity index is 1.91. The van der Waals surface area contributed by atoms with Crippen LogP contribution in [0.25, 0.3) is 0 Å². The average Bonchev–Trinajstić information content (AvgIpc) is 2.60. The molecule has 1 amide bonds. The third-order valence-electron chi connectivity index (χ3n) is 3.33. The minimum absolute atomic E-state index is 0.289. The molecule has 1 N–H and O–H groups in total. The summed E-state index contributed by atoms with van der Waals surface area (Å²) in [7, 11) is 0. The number of hydrogen-bond acceptors (Lipinski definition) is 5. The number of esters is 1. The number of pyridine rings is 2. The summed E-state index contributed by atoms with van der Waals surface area (Å²) in [4.78, 5) is 32.3. The molecule has 0 unspecified atom stereocenters. The zero-order valence-corrected chi connectivity index (χ0v) is 13.2. The van der Waals surface area contributed by atoms with E-state index in [2.05, 4.69) is 15.3 Å². The Morgan fingerprint density at radius 2 is 2.09 bits per heavy atom. The number of hydrogen-bond donors (Lipinski definition) is 1. The summed E-state index contributed by atoms with van der Waals surface area (Å²) in [6.07, 6.45) is 4.59. The Labute approximate surface area is 134 Å². The number of aryl methyl sites for hydroxylation is 1. The van der Waals surface area contributed by atoms with Crippen molar-refractivity contribution >= 4 is 11.9 Å². The molecule has 0 aliphatic carbocycles. The maximum Gasteiger partial charge on any atom is 0.339 e. The molecule has 0 bridgehead atoms. The Kier molecular flexibility index (Phi) is 5.80. The van der Waals surface area contributed by atoms with Gasteiger partial charge in [-0.15, -0.1) is 0 Å². The van der Waals surface area contributed by atoms with Crippen LogP contribution in [0.4, 0.5) is 0 Å². The molecule has 2 aromatic rings. The number of nitrogens with zero attached hydrogens (tertiary/aromatic N) is 2. The molecule has 6 heteroatoms. The Morgan fingerprint density at radius 3 is 2.78 bits per heavy atom. The molecule has 2 rings (SSSR count). The number of aromatic nitrogens is 2. The number of rotatable bonds is 6. The van der Waals surface area contributed by atoms with Crippen LogP contribution in [0.3, 0.4) is 0 Å². The van der Waals surface area contributed by atoms with Crippen molar-refractivity contribution in [2.45, 2.75) is 32.9 Å². The largest absolute Gasteiger partial charge is 0.449 e. The van der Waals surface area contributed by atoms with Crippen molar-refractivity contribution in [1.82, 2.24) is 15.3 Å². The van der Waals surface area contributed by atoms with E-state index in [0.717, 1.165) is 11.3 Å². The molecule has 0 radical (unpaired) electrons. The maximum absolute atomic E-state index is 12.2. The molecule has 6 nitrogen and oxygen atoms in total. The summed E-state index contributed by atoms with van der Waals surface area (Å²) in [5.74, 6) is -0.888. The van der Waals surface area contributed by atoms with E-state index < -0.39 is 12.1 Å². The molecule has 2 heterocycles. The summed E-state index contributed by atoms with van der Waals surface area (Å²) in [6.45, 7) is 3.76. The van der Waals surface area contributed by atoms with Gasteiger partial charge in [-0.05, 0) is 37.1 Å². The van der Waals surface area contributed by atoms with Gasteiger partial charge < -0.3 is 10.1 Å². The van der Waals surface area contributed by atoms with Crippen LogP contribution in [-0.4, -0.2) is 27.9 Å². The second-order valence-corrected chi connectivity index (χ2v) is 4.97. The van der Waals surface area contributed by atoms with Gasteiger partial charge in [-0.3, -0.25) is 14.8 Å². The maximum atomic E-state index is 12.2. The first-order valence-electron chi connectivity index (χ1n) is 7.43. The Hall–Kier alpha value is -2.76. The first kappa shape index (κ1) is 16.6. The minimum atomic E-state index is -0.885. The lowest BCUT2D eigenvalue weighted by molar-refractivity contribution is -0.129. The van der Waals surface area contributed by atoms with Gasteiger partial charge in [0.25, 0.3) is 5.91 Å². The number of amides is 1. The second kappa shape index (κ2) is 8.03. The minimum Gasteiger partial charge on any atom is -0.449 e. The SMILES string of the molecule is CCc1cnccc1C(=O)O[C@H](C)C(=O)NCc1ccccn1. The van der Waals surface area contributed by atoms with Gasteiger partial charge in [-0.2, -0.15) is 0 Å². The van der Waals surface area contributed by atoms with Gasteiger partial charge in [0.05, 0.1) is 17.8 Å². The van der Waals surface area contributed by atoms with E-state index >= 15 is 0 Å². The molecule has 0 aliphatic heterocycles. The molecule has 0 spiro atoms. The van der Waals surface area contributed by atoms with Crippen LogP contribution >= 0.6 is 0 Å². The topological polar surface area (TPSA) is 81.2 Å². The molecule has 2 aromatic heterocycles. The van der Waals surface area contributed by atoms with E-state index in [4.69, 9.17) is 4.74 Å². The zero-order chi connectivity index (χ0) is 16.7. The molecule has 23 heavy (non-hydrogen) atoms. The normalized spacial score (nSPS) is 11.6. The predicted octanol–water partition coefficient (Wildman–Crippen LogP) is 1.90. The van der Waals surface area contributed by atoms with E-state index in [9.17, 15) is 9.59 Å². The number of ether oxygens (including phenoxy) is 1. The van der Waals surface area contributed by atoms with Crippen molar-refractivity contribution in [1.29, 1.82) is 0 Å². The van der Waals surface area contributed by atoms with E-state index in [1.807, 2.05) is 13.0 Å². The fourth-order valence-electron chi connectivity index (χ4n) is 2.01. The number of nitrogens with one attached hydrogen (secondary N) is 1. The first-order valence-corrected chi connectivity index (χ1v) is 7.43. The lowest BCUT2D eigenvalue weighted by atomic mass is 10.1. The van der Waals surface area contributed by atoms with Crippen LogP contribution in [0.1, 0.15) is 35.5 Å². The van der Waals surface area contributed by atoms with Crippen LogP contribution in [0.5, 0.6) is 0 Å².